The van der Waals surface area contributed by atoms with Gasteiger partial charge in [-0.25, -0.2) is 0 Å². The molecule has 0 radical (unpaired) electrons. The van der Waals surface area contributed by atoms with Gasteiger partial charge in [0.05, 0.1) is 6.42 Å². The first-order valence-corrected chi connectivity index (χ1v) is 4.45. The second-order valence-electron chi connectivity index (χ2n) is 3.35. The van der Waals surface area contributed by atoms with Crippen LogP contribution < -0.4 is 11.1 Å². The third-order valence-corrected chi connectivity index (χ3v) is 2.04. The van der Waals surface area contributed by atoms with E-state index < -0.39 is 0 Å². The fourth-order valence-corrected chi connectivity index (χ4v) is 1.08. The number of amidine groups is 1. The van der Waals surface area contributed by atoms with Gasteiger partial charge in [-0.3, -0.25) is 4.79 Å². The SMILES string of the molecule is NC(CC(=O)NCCC1CC1)=NO. The zero-order valence-corrected chi connectivity index (χ0v) is 7.49. The van der Waals surface area contributed by atoms with Crippen LogP contribution in [-0.4, -0.2) is 23.5 Å². The lowest BCUT2D eigenvalue weighted by Crippen LogP contribution is -2.29. The monoisotopic (exact) mass is 185 g/mol. The second kappa shape index (κ2) is 4.69. The number of carbonyl (C=O) groups excluding carboxylic acids is 1. The number of nitrogens with one attached hydrogen (secondary N) is 1. The molecule has 0 spiro atoms. The first kappa shape index (κ1) is 9.83. The molecule has 74 valence electrons. The Hall–Kier alpha value is -1.26. The Morgan fingerprint density at radius 3 is 2.85 bits per heavy atom. The lowest BCUT2D eigenvalue weighted by Gasteiger charge is -2.02. The molecule has 1 rings (SSSR count). The largest absolute Gasteiger partial charge is 0.409 e. The van der Waals surface area contributed by atoms with Crippen molar-refractivity contribution in [2.45, 2.75) is 25.7 Å². The Bertz CT molecular complexity index is 211. The van der Waals surface area contributed by atoms with Gasteiger partial charge in [0.25, 0.3) is 0 Å². The van der Waals surface area contributed by atoms with E-state index in [1.807, 2.05) is 0 Å². The Morgan fingerprint density at radius 1 is 1.62 bits per heavy atom. The highest BCUT2D eigenvalue weighted by atomic mass is 16.4. The molecular weight excluding hydrogens is 170 g/mol. The van der Waals surface area contributed by atoms with Crippen LogP contribution >= 0.6 is 0 Å². The third-order valence-electron chi connectivity index (χ3n) is 2.04. The van der Waals surface area contributed by atoms with Crippen molar-refractivity contribution in [1.82, 2.24) is 5.32 Å². The highest BCUT2D eigenvalue weighted by molar-refractivity contribution is 5.98. The molecule has 0 aromatic carbocycles. The van der Waals surface area contributed by atoms with E-state index in [1.165, 1.54) is 12.8 Å². The van der Waals surface area contributed by atoms with E-state index >= 15 is 0 Å². The van der Waals surface area contributed by atoms with Gasteiger partial charge in [-0.2, -0.15) is 0 Å². The molecule has 1 aliphatic rings. The van der Waals surface area contributed by atoms with Crippen molar-refractivity contribution in [2.24, 2.45) is 16.8 Å². The van der Waals surface area contributed by atoms with Crippen molar-refractivity contribution < 1.29 is 10.0 Å². The summed E-state index contributed by atoms with van der Waals surface area (Å²) < 4.78 is 0. The molecule has 0 heterocycles. The average Bonchev–Trinajstić information content (AvgIpc) is 2.88. The van der Waals surface area contributed by atoms with Crippen molar-refractivity contribution in [3.05, 3.63) is 0 Å². The van der Waals surface area contributed by atoms with E-state index in [-0.39, 0.29) is 18.2 Å². The van der Waals surface area contributed by atoms with E-state index in [9.17, 15) is 4.79 Å². The first-order valence-electron chi connectivity index (χ1n) is 4.45. The van der Waals surface area contributed by atoms with E-state index in [4.69, 9.17) is 10.9 Å². The van der Waals surface area contributed by atoms with Gasteiger partial charge in [-0.05, 0) is 12.3 Å². The lowest BCUT2D eigenvalue weighted by atomic mass is 10.3. The van der Waals surface area contributed by atoms with Crippen molar-refractivity contribution >= 4 is 11.7 Å². The van der Waals surface area contributed by atoms with Gasteiger partial charge >= 0.3 is 0 Å². The summed E-state index contributed by atoms with van der Waals surface area (Å²) in [6.45, 7) is 0.697. The van der Waals surface area contributed by atoms with Crippen molar-refractivity contribution in [3.63, 3.8) is 0 Å². The molecule has 0 aromatic rings. The maximum absolute atomic E-state index is 11.0. The number of amides is 1. The fraction of sp³-hybridized carbons (Fsp3) is 0.750. The number of nitrogens with zero attached hydrogens (tertiary/aromatic N) is 1. The maximum Gasteiger partial charge on any atom is 0.227 e. The zero-order chi connectivity index (χ0) is 9.68. The fourth-order valence-electron chi connectivity index (χ4n) is 1.08. The van der Waals surface area contributed by atoms with Crippen LogP contribution in [0.3, 0.4) is 0 Å². The number of carbonyl (C=O) groups is 1. The van der Waals surface area contributed by atoms with Crippen LogP contribution in [0, 0.1) is 5.92 Å². The van der Waals surface area contributed by atoms with Gasteiger partial charge in [0.1, 0.15) is 5.84 Å². The average molecular weight is 185 g/mol. The number of oxime groups is 1. The standard InChI is InChI=1S/C8H15N3O2/c9-7(11-13)5-8(12)10-4-3-6-1-2-6/h6,13H,1-5H2,(H2,9,11)(H,10,12). The van der Waals surface area contributed by atoms with Crippen LogP contribution in [0.4, 0.5) is 0 Å². The Labute approximate surface area is 77.0 Å². The zero-order valence-electron chi connectivity index (χ0n) is 7.49. The van der Waals surface area contributed by atoms with E-state index in [0.717, 1.165) is 12.3 Å². The van der Waals surface area contributed by atoms with E-state index in [0.29, 0.717) is 6.54 Å². The van der Waals surface area contributed by atoms with Gasteiger partial charge in [0.2, 0.25) is 5.91 Å². The van der Waals surface area contributed by atoms with Crippen molar-refractivity contribution in [2.75, 3.05) is 6.54 Å². The summed E-state index contributed by atoms with van der Waals surface area (Å²) in [6.07, 6.45) is 3.59. The molecule has 0 aliphatic heterocycles. The van der Waals surface area contributed by atoms with Crippen LogP contribution in [0.1, 0.15) is 25.7 Å². The minimum atomic E-state index is -0.184. The third kappa shape index (κ3) is 4.35. The minimum absolute atomic E-state index is 0.0266. The van der Waals surface area contributed by atoms with Crippen molar-refractivity contribution in [3.8, 4) is 0 Å². The molecule has 5 nitrogen and oxygen atoms in total. The van der Waals surface area contributed by atoms with Gasteiger partial charge in [0.15, 0.2) is 0 Å². The molecular formula is C8H15N3O2. The molecule has 1 saturated carbocycles. The predicted octanol–water partition coefficient (Wildman–Crippen LogP) is 0.0392. The van der Waals surface area contributed by atoms with Crippen LogP contribution in [0.5, 0.6) is 0 Å². The molecule has 1 amide bonds. The summed E-state index contributed by atoms with van der Waals surface area (Å²) >= 11 is 0. The first-order chi connectivity index (χ1) is 6.22. The molecule has 1 aliphatic carbocycles. The van der Waals surface area contributed by atoms with Crippen LogP contribution in [-0.2, 0) is 4.79 Å². The number of nitrogens with two attached hydrogens (primary N) is 1. The summed E-state index contributed by atoms with van der Waals surface area (Å²) in [6, 6.07) is 0. The lowest BCUT2D eigenvalue weighted by molar-refractivity contribution is -0.119. The second-order valence-corrected chi connectivity index (χ2v) is 3.35. The molecule has 13 heavy (non-hydrogen) atoms. The summed E-state index contributed by atoms with van der Waals surface area (Å²) in [5.74, 6) is 0.573. The van der Waals surface area contributed by atoms with Crippen molar-refractivity contribution in [1.29, 1.82) is 0 Å². The molecule has 0 atom stereocenters. The number of hydrogen-bond acceptors (Lipinski definition) is 3. The van der Waals surface area contributed by atoms with E-state index in [1.54, 1.807) is 0 Å². The van der Waals surface area contributed by atoms with Gasteiger partial charge in [-0.15, -0.1) is 0 Å². The maximum atomic E-state index is 11.0. The summed E-state index contributed by atoms with van der Waals surface area (Å²) in [5.41, 5.74) is 5.16. The highest BCUT2D eigenvalue weighted by Crippen LogP contribution is 2.31. The number of hydrogen-bond donors (Lipinski definition) is 3. The molecule has 0 aromatic heterocycles. The Balaban J connectivity index is 2.02. The quantitative estimate of drug-likeness (QED) is 0.244. The normalized spacial score (nSPS) is 17.1. The minimum Gasteiger partial charge on any atom is -0.409 e. The molecule has 5 heteroatoms. The molecule has 0 unspecified atom stereocenters. The number of rotatable bonds is 5. The molecule has 0 bridgehead atoms. The van der Waals surface area contributed by atoms with Crippen LogP contribution in [0.2, 0.25) is 0 Å². The van der Waals surface area contributed by atoms with Gasteiger partial charge in [0, 0.05) is 6.54 Å². The summed E-state index contributed by atoms with van der Waals surface area (Å²) in [7, 11) is 0. The smallest absolute Gasteiger partial charge is 0.227 e. The topological polar surface area (TPSA) is 87.7 Å². The van der Waals surface area contributed by atoms with Crippen LogP contribution in [0.15, 0.2) is 5.16 Å². The Kier molecular flexibility index (Phi) is 3.54. The summed E-state index contributed by atoms with van der Waals surface area (Å²) in [5, 5.41) is 13.6. The highest BCUT2D eigenvalue weighted by Gasteiger charge is 2.20. The molecule has 0 saturated heterocycles. The summed E-state index contributed by atoms with van der Waals surface area (Å²) in [4.78, 5) is 11.0. The van der Waals surface area contributed by atoms with Crippen LogP contribution in [0.25, 0.3) is 0 Å². The van der Waals surface area contributed by atoms with E-state index in [2.05, 4.69) is 10.5 Å². The Morgan fingerprint density at radius 2 is 2.31 bits per heavy atom. The van der Waals surface area contributed by atoms with Gasteiger partial charge < -0.3 is 16.3 Å². The molecule has 1 fully saturated rings. The van der Waals surface area contributed by atoms with Gasteiger partial charge in [-0.1, -0.05) is 18.0 Å². The predicted molar refractivity (Wildman–Crippen MR) is 48.4 cm³/mol. The molecule has 4 N–H and O–H groups in total.